The van der Waals surface area contributed by atoms with E-state index in [0.717, 1.165) is 26.0 Å². The predicted octanol–water partition coefficient (Wildman–Crippen LogP) is 2.67. The molecule has 2 atom stereocenters. The highest BCUT2D eigenvalue weighted by molar-refractivity contribution is 5.30. The summed E-state index contributed by atoms with van der Waals surface area (Å²) >= 11 is 0. The average molecular weight is 267 g/mol. The number of halogens is 1. The third kappa shape index (κ3) is 4.18. The van der Waals surface area contributed by atoms with E-state index in [-0.39, 0.29) is 11.9 Å². The highest BCUT2D eigenvalue weighted by Gasteiger charge is 2.15. The van der Waals surface area contributed by atoms with E-state index in [1.165, 1.54) is 0 Å². The molecule has 2 rings (SSSR count). The Bertz CT molecular complexity index is 405. The largest absolute Gasteiger partial charge is 0.486 e. The Hall–Kier alpha value is -1.13. The summed E-state index contributed by atoms with van der Waals surface area (Å²) in [4.78, 5) is 0. The van der Waals surface area contributed by atoms with Gasteiger partial charge in [0.1, 0.15) is 6.10 Å². The van der Waals surface area contributed by atoms with E-state index in [1.54, 1.807) is 25.1 Å². The number of nitrogens with one attached hydrogen (secondary N) is 1. The molecule has 3 nitrogen and oxygen atoms in total. The van der Waals surface area contributed by atoms with Gasteiger partial charge in [0.25, 0.3) is 0 Å². The van der Waals surface area contributed by atoms with Crippen molar-refractivity contribution < 1.29 is 13.9 Å². The first-order chi connectivity index (χ1) is 9.16. The second-order valence-electron chi connectivity index (χ2n) is 5.11. The molecule has 1 N–H and O–H groups in total. The van der Waals surface area contributed by atoms with Gasteiger partial charge in [-0.1, -0.05) is 12.1 Å². The molecule has 1 aromatic rings. The summed E-state index contributed by atoms with van der Waals surface area (Å²) in [7, 11) is 0. The SMILES string of the molecule is Cc1cccc(OC(C)CNCC2CCCO2)c1F. The number of hydrogen-bond donors (Lipinski definition) is 1. The predicted molar refractivity (Wildman–Crippen MR) is 73.1 cm³/mol. The van der Waals surface area contributed by atoms with Crippen LogP contribution in [0, 0.1) is 12.7 Å². The van der Waals surface area contributed by atoms with Gasteiger partial charge in [0.05, 0.1) is 6.10 Å². The van der Waals surface area contributed by atoms with Crippen molar-refractivity contribution in [3.8, 4) is 5.75 Å². The Morgan fingerprint density at radius 2 is 2.37 bits per heavy atom. The molecule has 0 spiro atoms. The lowest BCUT2D eigenvalue weighted by molar-refractivity contribution is 0.106. The fraction of sp³-hybridized carbons (Fsp3) is 0.600. The minimum absolute atomic E-state index is 0.0716. The molecule has 1 heterocycles. The van der Waals surface area contributed by atoms with E-state index < -0.39 is 0 Å². The van der Waals surface area contributed by atoms with Gasteiger partial charge in [0, 0.05) is 19.7 Å². The van der Waals surface area contributed by atoms with E-state index in [0.29, 0.717) is 24.0 Å². The van der Waals surface area contributed by atoms with E-state index >= 15 is 0 Å². The lowest BCUT2D eigenvalue weighted by Gasteiger charge is -2.18. The number of ether oxygens (including phenoxy) is 2. The maximum atomic E-state index is 13.8. The zero-order valence-corrected chi connectivity index (χ0v) is 11.6. The summed E-state index contributed by atoms with van der Waals surface area (Å²) in [6, 6.07) is 5.21. The van der Waals surface area contributed by atoms with Crippen LogP contribution in [0.2, 0.25) is 0 Å². The molecule has 0 aliphatic carbocycles. The Kier molecular flexibility index (Phi) is 5.16. The van der Waals surface area contributed by atoms with Gasteiger partial charge >= 0.3 is 0 Å². The Labute approximate surface area is 114 Å². The molecule has 1 aromatic carbocycles. The quantitative estimate of drug-likeness (QED) is 0.859. The monoisotopic (exact) mass is 267 g/mol. The van der Waals surface area contributed by atoms with Crippen molar-refractivity contribution in [1.29, 1.82) is 0 Å². The van der Waals surface area contributed by atoms with Crippen molar-refractivity contribution in [2.24, 2.45) is 0 Å². The number of hydrogen-bond acceptors (Lipinski definition) is 3. The van der Waals surface area contributed by atoms with Crippen LogP contribution in [0.3, 0.4) is 0 Å². The number of rotatable bonds is 6. The van der Waals surface area contributed by atoms with Crippen LogP contribution in [0.5, 0.6) is 5.75 Å². The minimum Gasteiger partial charge on any atom is -0.486 e. The van der Waals surface area contributed by atoms with E-state index in [4.69, 9.17) is 9.47 Å². The van der Waals surface area contributed by atoms with Crippen LogP contribution in [-0.2, 0) is 4.74 Å². The average Bonchev–Trinajstić information content (AvgIpc) is 2.88. The third-order valence-electron chi connectivity index (χ3n) is 3.31. The smallest absolute Gasteiger partial charge is 0.167 e. The zero-order chi connectivity index (χ0) is 13.7. The molecule has 4 heteroatoms. The second-order valence-corrected chi connectivity index (χ2v) is 5.11. The molecule has 1 aliphatic rings. The van der Waals surface area contributed by atoms with Gasteiger partial charge in [-0.15, -0.1) is 0 Å². The molecular formula is C15H22FNO2. The molecular weight excluding hydrogens is 245 g/mol. The van der Waals surface area contributed by atoms with Crippen LogP contribution in [0.25, 0.3) is 0 Å². The van der Waals surface area contributed by atoms with Crippen molar-refractivity contribution in [2.75, 3.05) is 19.7 Å². The van der Waals surface area contributed by atoms with Gasteiger partial charge in [0.2, 0.25) is 0 Å². The maximum Gasteiger partial charge on any atom is 0.167 e. The molecule has 19 heavy (non-hydrogen) atoms. The molecule has 0 saturated carbocycles. The third-order valence-corrected chi connectivity index (χ3v) is 3.31. The molecule has 0 amide bonds. The number of aryl methyl sites for hydroxylation is 1. The standard InChI is InChI=1S/C15H22FNO2/c1-11-5-3-7-14(15(11)16)19-12(2)9-17-10-13-6-4-8-18-13/h3,5,7,12-13,17H,4,6,8-10H2,1-2H3. The first-order valence-corrected chi connectivity index (χ1v) is 6.91. The van der Waals surface area contributed by atoms with E-state index in [2.05, 4.69) is 5.32 Å². The van der Waals surface area contributed by atoms with Crippen LogP contribution in [0.4, 0.5) is 4.39 Å². The summed E-state index contributed by atoms with van der Waals surface area (Å²) in [6.45, 7) is 6.07. The molecule has 1 aliphatic heterocycles. The molecule has 2 unspecified atom stereocenters. The molecule has 0 aromatic heterocycles. The van der Waals surface area contributed by atoms with Crippen molar-refractivity contribution in [3.05, 3.63) is 29.6 Å². The highest BCUT2D eigenvalue weighted by atomic mass is 19.1. The fourth-order valence-corrected chi connectivity index (χ4v) is 2.22. The highest BCUT2D eigenvalue weighted by Crippen LogP contribution is 2.20. The Balaban J connectivity index is 1.74. The van der Waals surface area contributed by atoms with Gasteiger partial charge in [-0.25, -0.2) is 4.39 Å². The normalized spacial score (nSPS) is 20.5. The van der Waals surface area contributed by atoms with Crippen LogP contribution in [0.15, 0.2) is 18.2 Å². The van der Waals surface area contributed by atoms with Crippen molar-refractivity contribution in [2.45, 2.75) is 38.9 Å². The van der Waals surface area contributed by atoms with Crippen molar-refractivity contribution >= 4 is 0 Å². The first kappa shape index (κ1) is 14.3. The molecule has 0 radical (unpaired) electrons. The van der Waals surface area contributed by atoms with Crippen LogP contribution < -0.4 is 10.1 Å². The van der Waals surface area contributed by atoms with Gasteiger partial charge in [-0.3, -0.25) is 0 Å². The van der Waals surface area contributed by atoms with E-state index in [1.807, 2.05) is 6.92 Å². The molecule has 1 saturated heterocycles. The summed E-state index contributed by atoms with van der Waals surface area (Å²) in [6.07, 6.45) is 2.52. The van der Waals surface area contributed by atoms with E-state index in [9.17, 15) is 4.39 Å². The molecule has 0 bridgehead atoms. The topological polar surface area (TPSA) is 30.5 Å². The van der Waals surface area contributed by atoms with Gasteiger partial charge in [0.15, 0.2) is 11.6 Å². The summed E-state index contributed by atoms with van der Waals surface area (Å²) < 4.78 is 24.9. The van der Waals surface area contributed by atoms with Crippen LogP contribution >= 0.6 is 0 Å². The minimum atomic E-state index is -0.270. The maximum absolute atomic E-state index is 13.8. The zero-order valence-electron chi connectivity index (χ0n) is 11.6. The lowest BCUT2D eigenvalue weighted by atomic mass is 10.2. The summed E-state index contributed by atoms with van der Waals surface area (Å²) in [5.41, 5.74) is 0.608. The summed E-state index contributed by atoms with van der Waals surface area (Å²) in [5.74, 6) is 0.0555. The second kappa shape index (κ2) is 6.87. The Morgan fingerprint density at radius 3 is 3.11 bits per heavy atom. The van der Waals surface area contributed by atoms with Crippen LogP contribution in [-0.4, -0.2) is 31.9 Å². The van der Waals surface area contributed by atoms with Gasteiger partial charge in [-0.05, 0) is 38.3 Å². The van der Waals surface area contributed by atoms with Crippen molar-refractivity contribution in [1.82, 2.24) is 5.32 Å². The molecule has 1 fully saturated rings. The van der Waals surface area contributed by atoms with Crippen LogP contribution in [0.1, 0.15) is 25.3 Å². The van der Waals surface area contributed by atoms with Crippen molar-refractivity contribution in [3.63, 3.8) is 0 Å². The van der Waals surface area contributed by atoms with Gasteiger partial charge < -0.3 is 14.8 Å². The van der Waals surface area contributed by atoms with Gasteiger partial charge in [-0.2, -0.15) is 0 Å². The molecule has 106 valence electrons. The summed E-state index contributed by atoms with van der Waals surface area (Å²) in [5, 5.41) is 3.31. The lowest BCUT2D eigenvalue weighted by Crippen LogP contribution is -2.34. The first-order valence-electron chi connectivity index (χ1n) is 6.91. The Morgan fingerprint density at radius 1 is 1.53 bits per heavy atom. The fourth-order valence-electron chi connectivity index (χ4n) is 2.22. The number of benzene rings is 1.